The van der Waals surface area contributed by atoms with Crippen LogP contribution in [0.5, 0.6) is 0 Å². The Morgan fingerprint density at radius 3 is 2.54 bits per heavy atom. The van der Waals surface area contributed by atoms with Crippen LogP contribution in [-0.2, 0) is 17.0 Å². The Morgan fingerprint density at radius 1 is 0.923 bits per heavy atom. The van der Waals surface area contributed by atoms with Gasteiger partial charge >= 0.3 is 0 Å². The van der Waals surface area contributed by atoms with Gasteiger partial charge in [0.25, 0.3) is 0 Å². The van der Waals surface area contributed by atoms with E-state index in [2.05, 4.69) is 72.9 Å². The fourth-order valence-electron chi connectivity index (χ4n) is 3.06. The summed E-state index contributed by atoms with van der Waals surface area (Å²) in [6, 6.07) is 23.1. The second kappa shape index (κ2) is 9.44. The first-order chi connectivity index (χ1) is 12.7. The topological polar surface area (TPSA) is 29.1 Å². The summed E-state index contributed by atoms with van der Waals surface area (Å²) in [5.74, 6) is 2.07. The number of carbonyl (C=O) groups excluding carboxylic acids is 1. The second-order valence-corrected chi connectivity index (χ2v) is 7.57. The third-order valence-corrected chi connectivity index (χ3v) is 5.60. The zero-order valence-electron chi connectivity index (χ0n) is 15.2. The van der Waals surface area contributed by atoms with Gasteiger partial charge in [-0.25, -0.2) is 0 Å². The molecule has 134 valence electrons. The molecule has 1 amide bonds. The summed E-state index contributed by atoms with van der Waals surface area (Å²) in [5, 5.41) is 5.52. The highest BCUT2D eigenvalue weighted by Crippen LogP contribution is 2.19. The van der Waals surface area contributed by atoms with Crippen molar-refractivity contribution >= 4 is 28.4 Å². The van der Waals surface area contributed by atoms with Crippen LogP contribution in [0.2, 0.25) is 0 Å². The average molecular weight is 364 g/mol. The molecule has 2 nitrogen and oxygen atoms in total. The normalized spacial score (nSPS) is 10.8. The summed E-state index contributed by atoms with van der Waals surface area (Å²) >= 11 is 1.86. The van der Waals surface area contributed by atoms with E-state index in [1.54, 1.807) is 0 Å². The van der Waals surface area contributed by atoms with Crippen LogP contribution < -0.4 is 5.32 Å². The Morgan fingerprint density at radius 2 is 1.65 bits per heavy atom. The summed E-state index contributed by atoms with van der Waals surface area (Å²) in [6.07, 6.45) is 1.32. The molecule has 3 rings (SSSR count). The highest BCUT2D eigenvalue weighted by Gasteiger charge is 2.05. The van der Waals surface area contributed by atoms with Gasteiger partial charge in [0.15, 0.2) is 0 Å². The zero-order chi connectivity index (χ0) is 18.2. The molecule has 0 aliphatic carbocycles. The smallest absolute Gasteiger partial charge is 0.220 e. The maximum Gasteiger partial charge on any atom is 0.220 e. The van der Waals surface area contributed by atoms with E-state index in [0.29, 0.717) is 6.42 Å². The quantitative estimate of drug-likeness (QED) is 0.562. The molecule has 0 saturated heterocycles. The highest BCUT2D eigenvalue weighted by molar-refractivity contribution is 7.98. The van der Waals surface area contributed by atoms with Gasteiger partial charge in [-0.15, -0.1) is 0 Å². The molecular formula is C23H25NOS. The summed E-state index contributed by atoms with van der Waals surface area (Å²) in [6.45, 7) is 2.87. The van der Waals surface area contributed by atoms with E-state index < -0.39 is 0 Å². The zero-order valence-corrected chi connectivity index (χ0v) is 16.0. The van der Waals surface area contributed by atoms with Gasteiger partial charge in [0.1, 0.15) is 0 Å². The molecule has 0 aliphatic rings. The molecule has 0 unspecified atom stereocenters. The van der Waals surface area contributed by atoms with Crippen LogP contribution >= 0.6 is 11.8 Å². The van der Waals surface area contributed by atoms with Crippen molar-refractivity contribution in [2.75, 3.05) is 12.3 Å². The molecule has 3 aromatic rings. The third kappa shape index (κ3) is 5.12. The number of benzene rings is 3. The van der Waals surface area contributed by atoms with Crippen LogP contribution in [0, 0.1) is 6.92 Å². The van der Waals surface area contributed by atoms with Gasteiger partial charge in [0.2, 0.25) is 5.91 Å². The molecule has 0 saturated carbocycles. The van der Waals surface area contributed by atoms with Crippen LogP contribution in [0.15, 0.2) is 66.7 Å². The van der Waals surface area contributed by atoms with Crippen LogP contribution in [0.4, 0.5) is 0 Å². The summed E-state index contributed by atoms with van der Waals surface area (Å²) in [5.41, 5.74) is 3.95. The van der Waals surface area contributed by atoms with Crippen molar-refractivity contribution in [3.8, 4) is 0 Å². The van der Waals surface area contributed by atoms with Gasteiger partial charge in [-0.2, -0.15) is 11.8 Å². The Hall–Kier alpha value is -2.26. The molecule has 0 bridgehead atoms. The lowest BCUT2D eigenvalue weighted by Gasteiger charge is -2.08. The minimum Gasteiger partial charge on any atom is -0.355 e. The van der Waals surface area contributed by atoms with Crippen molar-refractivity contribution in [2.24, 2.45) is 0 Å². The van der Waals surface area contributed by atoms with Crippen molar-refractivity contribution in [2.45, 2.75) is 25.5 Å². The van der Waals surface area contributed by atoms with Gasteiger partial charge in [-0.05, 0) is 40.8 Å². The average Bonchev–Trinajstić information content (AvgIpc) is 2.67. The predicted octanol–water partition coefficient (Wildman–Crippen LogP) is 5.13. The Balaban J connectivity index is 1.38. The summed E-state index contributed by atoms with van der Waals surface area (Å²) in [7, 11) is 0. The van der Waals surface area contributed by atoms with Crippen molar-refractivity contribution < 1.29 is 4.79 Å². The second-order valence-electron chi connectivity index (χ2n) is 6.47. The maximum atomic E-state index is 12.1. The lowest BCUT2D eigenvalue weighted by molar-refractivity contribution is -0.120. The molecule has 26 heavy (non-hydrogen) atoms. The standard InChI is InChI=1S/C23H25NOS/c1-18-7-2-3-9-21(18)17-26-16-15-24-23(25)14-13-20-11-6-10-19-8-4-5-12-22(19)20/h2-12H,13-17H2,1H3,(H,24,25). The largest absolute Gasteiger partial charge is 0.355 e. The number of aryl methyl sites for hydroxylation is 2. The number of thioether (sulfide) groups is 1. The molecule has 0 spiro atoms. The number of nitrogens with one attached hydrogen (secondary N) is 1. The van der Waals surface area contributed by atoms with Crippen LogP contribution in [-0.4, -0.2) is 18.2 Å². The van der Waals surface area contributed by atoms with Crippen LogP contribution in [0.1, 0.15) is 23.1 Å². The van der Waals surface area contributed by atoms with E-state index in [9.17, 15) is 4.79 Å². The minimum absolute atomic E-state index is 0.134. The van der Waals surface area contributed by atoms with Crippen molar-refractivity contribution in [3.63, 3.8) is 0 Å². The van der Waals surface area contributed by atoms with E-state index in [-0.39, 0.29) is 5.91 Å². The fourth-order valence-corrected chi connectivity index (χ4v) is 4.00. The third-order valence-electron chi connectivity index (χ3n) is 4.59. The van der Waals surface area contributed by atoms with E-state index >= 15 is 0 Å². The van der Waals surface area contributed by atoms with Gasteiger partial charge in [-0.1, -0.05) is 66.7 Å². The monoisotopic (exact) mass is 363 g/mol. The van der Waals surface area contributed by atoms with Gasteiger partial charge in [0.05, 0.1) is 0 Å². The number of rotatable bonds is 8. The van der Waals surface area contributed by atoms with Gasteiger partial charge < -0.3 is 5.32 Å². The van der Waals surface area contributed by atoms with Crippen LogP contribution in [0.3, 0.4) is 0 Å². The lowest BCUT2D eigenvalue weighted by Crippen LogP contribution is -2.25. The molecule has 3 aromatic carbocycles. The highest BCUT2D eigenvalue weighted by atomic mass is 32.2. The molecular weight excluding hydrogens is 338 g/mol. The van der Waals surface area contributed by atoms with Gasteiger partial charge in [0, 0.05) is 24.5 Å². The Bertz CT molecular complexity index is 869. The fraction of sp³-hybridized carbons (Fsp3) is 0.261. The molecule has 0 heterocycles. The molecule has 0 aromatic heterocycles. The molecule has 3 heteroatoms. The first-order valence-corrected chi connectivity index (χ1v) is 10.2. The predicted molar refractivity (Wildman–Crippen MR) is 113 cm³/mol. The molecule has 0 aliphatic heterocycles. The summed E-state index contributed by atoms with van der Waals surface area (Å²) < 4.78 is 0. The van der Waals surface area contributed by atoms with Gasteiger partial charge in [-0.3, -0.25) is 4.79 Å². The van der Waals surface area contributed by atoms with Crippen molar-refractivity contribution in [1.29, 1.82) is 0 Å². The number of amides is 1. The lowest BCUT2D eigenvalue weighted by atomic mass is 10.0. The molecule has 0 radical (unpaired) electrons. The minimum atomic E-state index is 0.134. The maximum absolute atomic E-state index is 12.1. The Kier molecular flexibility index (Phi) is 6.73. The number of hydrogen-bond acceptors (Lipinski definition) is 2. The van der Waals surface area contributed by atoms with E-state index in [1.165, 1.54) is 27.5 Å². The number of carbonyl (C=O) groups is 1. The van der Waals surface area contributed by atoms with E-state index in [0.717, 1.165) is 24.5 Å². The van der Waals surface area contributed by atoms with Crippen molar-refractivity contribution in [3.05, 3.63) is 83.4 Å². The molecule has 0 atom stereocenters. The first kappa shape index (κ1) is 18.5. The van der Waals surface area contributed by atoms with Crippen LogP contribution in [0.25, 0.3) is 10.8 Å². The van der Waals surface area contributed by atoms with E-state index in [4.69, 9.17) is 0 Å². The summed E-state index contributed by atoms with van der Waals surface area (Å²) in [4.78, 5) is 12.1. The number of fused-ring (bicyclic) bond motifs is 1. The number of hydrogen-bond donors (Lipinski definition) is 1. The molecule has 1 N–H and O–H groups in total. The van der Waals surface area contributed by atoms with Crippen molar-refractivity contribution in [1.82, 2.24) is 5.32 Å². The molecule has 0 fully saturated rings. The van der Waals surface area contributed by atoms with E-state index in [1.807, 2.05) is 17.8 Å². The Labute approximate surface area is 160 Å². The first-order valence-electron chi connectivity index (χ1n) is 9.09. The SMILES string of the molecule is Cc1ccccc1CSCCNC(=O)CCc1cccc2ccccc12.